The van der Waals surface area contributed by atoms with Crippen molar-refractivity contribution in [2.45, 2.75) is 37.1 Å². The molecular formula is C15H21N3S. The SMILES string of the molecule is CCSc1cccc(N2CCCCC2CN)c1C#N. The van der Waals surface area contributed by atoms with Gasteiger partial charge in [0.15, 0.2) is 0 Å². The molecule has 0 radical (unpaired) electrons. The number of piperidine rings is 1. The second-order valence-electron chi connectivity index (χ2n) is 4.77. The molecule has 4 heteroatoms. The largest absolute Gasteiger partial charge is 0.366 e. The Morgan fingerprint density at radius 3 is 3.00 bits per heavy atom. The van der Waals surface area contributed by atoms with Gasteiger partial charge in [0.05, 0.1) is 11.3 Å². The summed E-state index contributed by atoms with van der Waals surface area (Å²) in [5, 5.41) is 9.49. The predicted molar refractivity (Wildman–Crippen MR) is 81.6 cm³/mol. The van der Waals surface area contributed by atoms with Gasteiger partial charge in [0.2, 0.25) is 0 Å². The van der Waals surface area contributed by atoms with E-state index in [1.807, 2.05) is 6.07 Å². The number of thioether (sulfide) groups is 1. The Kier molecular flexibility index (Phi) is 5.12. The van der Waals surface area contributed by atoms with Crippen LogP contribution in [0.3, 0.4) is 0 Å². The number of hydrogen-bond acceptors (Lipinski definition) is 4. The maximum absolute atomic E-state index is 9.49. The van der Waals surface area contributed by atoms with Crippen LogP contribution >= 0.6 is 11.8 Å². The van der Waals surface area contributed by atoms with E-state index < -0.39 is 0 Å². The Hall–Kier alpha value is -1.18. The van der Waals surface area contributed by atoms with Crippen molar-refractivity contribution in [3.05, 3.63) is 23.8 Å². The second-order valence-corrected chi connectivity index (χ2v) is 6.08. The van der Waals surface area contributed by atoms with Gasteiger partial charge >= 0.3 is 0 Å². The van der Waals surface area contributed by atoms with Crippen LogP contribution < -0.4 is 10.6 Å². The molecule has 1 aromatic carbocycles. The van der Waals surface area contributed by atoms with E-state index in [0.29, 0.717) is 12.6 Å². The smallest absolute Gasteiger partial charge is 0.103 e. The lowest BCUT2D eigenvalue weighted by Gasteiger charge is -2.37. The maximum Gasteiger partial charge on any atom is 0.103 e. The van der Waals surface area contributed by atoms with Gasteiger partial charge in [-0.3, -0.25) is 0 Å². The highest BCUT2D eigenvalue weighted by molar-refractivity contribution is 7.99. The lowest BCUT2D eigenvalue weighted by Crippen LogP contribution is -2.44. The zero-order valence-electron chi connectivity index (χ0n) is 11.4. The van der Waals surface area contributed by atoms with E-state index in [-0.39, 0.29) is 0 Å². The summed E-state index contributed by atoms with van der Waals surface area (Å²) in [4.78, 5) is 3.42. The first-order chi connectivity index (χ1) is 9.31. The fraction of sp³-hybridized carbons (Fsp3) is 0.533. The van der Waals surface area contributed by atoms with E-state index >= 15 is 0 Å². The topological polar surface area (TPSA) is 53.0 Å². The molecule has 0 aliphatic carbocycles. The van der Waals surface area contributed by atoms with Crippen molar-refractivity contribution in [1.29, 1.82) is 5.26 Å². The van der Waals surface area contributed by atoms with Crippen LogP contribution in [0.4, 0.5) is 5.69 Å². The first-order valence-corrected chi connectivity index (χ1v) is 7.93. The molecule has 2 rings (SSSR count). The lowest BCUT2D eigenvalue weighted by molar-refractivity contribution is 0.465. The Morgan fingerprint density at radius 2 is 2.32 bits per heavy atom. The van der Waals surface area contributed by atoms with Gasteiger partial charge in [-0.15, -0.1) is 11.8 Å². The van der Waals surface area contributed by atoms with Gasteiger partial charge in [-0.25, -0.2) is 0 Å². The highest BCUT2D eigenvalue weighted by Gasteiger charge is 2.24. The minimum absolute atomic E-state index is 0.378. The summed E-state index contributed by atoms with van der Waals surface area (Å²) in [5.41, 5.74) is 7.77. The van der Waals surface area contributed by atoms with Gasteiger partial charge in [0.1, 0.15) is 6.07 Å². The zero-order valence-corrected chi connectivity index (χ0v) is 12.2. The summed E-state index contributed by atoms with van der Waals surface area (Å²) < 4.78 is 0. The highest BCUT2D eigenvalue weighted by Crippen LogP contribution is 2.33. The summed E-state index contributed by atoms with van der Waals surface area (Å²) in [7, 11) is 0. The predicted octanol–water partition coefficient (Wildman–Crippen LogP) is 2.99. The molecule has 1 aliphatic heterocycles. The number of nitrogens with zero attached hydrogens (tertiary/aromatic N) is 2. The van der Waals surface area contributed by atoms with Crippen molar-refractivity contribution in [3.8, 4) is 6.07 Å². The molecule has 0 aromatic heterocycles. The van der Waals surface area contributed by atoms with E-state index in [9.17, 15) is 5.26 Å². The maximum atomic E-state index is 9.49. The van der Waals surface area contributed by atoms with Gasteiger partial charge in [0.25, 0.3) is 0 Å². The highest BCUT2D eigenvalue weighted by atomic mass is 32.2. The number of nitriles is 1. The van der Waals surface area contributed by atoms with Gasteiger partial charge in [-0.1, -0.05) is 13.0 Å². The summed E-state index contributed by atoms with van der Waals surface area (Å²) in [6, 6.07) is 8.92. The Morgan fingerprint density at radius 1 is 1.47 bits per heavy atom. The minimum atomic E-state index is 0.378. The third kappa shape index (κ3) is 3.05. The van der Waals surface area contributed by atoms with Crippen molar-refractivity contribution in [2.75, 3.05) is 23.7 Å². The minimum Gasteiger partial charge on any atom is -0.366 e. The fourth-order valence-electron chi connectivity index (χ4n) is 2.71. The first kappa shape index (κ1) is 14.2. The van der Waals surface area contributed by atoms with E-state index in [1.54, 1.807) is 11.8 Å². The van der Waals surface area contributed by atoms with E-state index in [2.05, 4.69) is 30.0 Å². The van der Waals surface area contributed by atoms with Crippen molar-refractivity contribution in [2.24, 2.45) is 5.73 Å². The van der Waals surface area contributed by atoms with Crippen molar-refractivity contribution < 1.29 is 0 Å². The molecule has 1 aromatic rings. The number of hydrogen-bond donors (Lipinski definition) is 1. The van der Waals surface area contributed by atoms with E-state index in [0.717, 1.165) is 34.9 Å². The molecule has 102 valence electrons. The molecule has 0 bridgehead atoms. The Labute approximate surface area is 119 Å². The summed E-state index contributed by atoms with van der Waals surface area (Å²) >= 11 is 1.73. The molecule has 3 nitrogen and oxygen atoms in total. The Bertz CT molecular complexity index is 467. The van der Waals surface area contributed by atoms with Crippen LogP contribution in [-0.2, 0) is 0 Å². The van der Waals surface area contributed by atoms with Crippen molar-refractivity contribution in [1.82, 2.24) is 0 Å². The summed E-state index contributed by atoms with van der Waals surface area (Å²) in [5.74, 6) is 0.985. The van der Waals surface area contributed by atoms with Crippen LogP contribution in [0.2, 0.25) is 0 Å². The third-order valence-corrected chi connectivity index (χ3v) is 4.56. The van der Waals surface area contributed by atoms with Gasteiger partial charge < -0.3 is 10.6 Å². The van der Waals surface area contributed by atoms with Crippen LogP contribution in [0.15, 0.2) is 23.1 Å². The fourth-order valence-corrected chi connectivity index (χ4v) is 3.49. The van der Waals surface area contributed by atoms with E-state index in [1.165, 1.54) is 12.8 Å². The van der Waals surface area contributed by atoms with Crippen molar-refractivity contribution in [3.63, 3.8) is 0 Å². The standard InChI is InChI=1S/C15H21N3S/c1-2-19-15-8-5-7-14(13(15)11-17)18-9-4-3-6-12(18)10-16/h5,7-8,12H,2-4,6,9-10,16H2,1H3. The average molecular weight is 275 g/mol. The lowest BCUT2D eigenvalue weighted by atomic mass is 10.00. The van der Waals surface area contributed by atoms with Crippen LogP contribution in [0.1, 0.15) is 31.7 Å². The Balaban J connectivity index is 2.37. The quantitative estimate of drug-likeness (QED) is 0.858. The molecule has 1 fully saturated rings. The van der Waals surface area contributed by atoms with Crippen LogP contribution in [-0.4, -0.2) is 24.9 Å². The average Bonchev–Trinajstić information content (AvgIpc) is 2.47. The van der Waals surface area contributed by atoms with Gasteiger partial charge in [-0.2, -0.15) is 5.26 Å². The molecule has 1 aliphatic rings. The first-order valence-electron chi connectivity index (χ1n) is 6.94. The molecule has 1 atom stereocenters. The number of nitrogens with two attached hydrogens (primary N) is 1. The molecule has 0 saturated carbocycles. The normalized spacial score (nSPS) is 19.2. The van der Waals surface area contributed by atoms with Crippen LogP contribution in [0.25, 0.3) is 0 Å². The zero-order chi connectivity index (χ0) is 13.7. The molecule has 0 amide bonds. The molecule has 1 heterocycles. The molecular weight excluding hydrogens is 254 g/mol. The molecule has 0 spiro atoms. The van der Waals surface area contributed by atoms with Crippen molar-refractivity contribution >= 4 is 17.4 Å². The number of rotatable bonds is 4. The summed E-state index contributed by atoms with van der Waals surface area (Å²) in [6.07, 6.45) is 3.56. The van der Waals surface area contributed by atoms with Crippen LogP contribution in [0.5, 0.6) is 0 Å². The third-order valence-electron chi connectivity index (χ3n) is 3.62. The van der Waals surface area contributed by atoms with E-state index in [4.69, 9.17) is 5.73 Å². The monoisotopic (exact) mass is 275 g/mol. The summed E-state index contributed by atoms with van der Waals surface area (Å²) in [6.45, 7) is 3.79. The van der Waals surface area contributed by atoms with Gasteiger partial charge in [0, 0.05) is 24.0 Å². The molecule has 1 unspecified atom stereocenters. The molecule has 1 saturated heterocycles. The molecule has 2 N–H and O–H groups in total. The molecule has 19 heavy (non-hydrogen) atoms. The number of benzene rings is 1. The van der Waals surface area contributed by atoms with Crippen LogP contribution in [0, 0.1) is 11.3 Å². The number of anilines is 1. The second kappa shape index (κ2) is 6.83. The van der Waals surface area contributed by atoms with Gasteiger partial charge in [-0.05, 0) is 37.1 Å².